The van der Waals surface area contributed by atoms with Crippen LogP contribution in [0.25, 0.3) is 11.3 Å². The normalized spacial score (nSPS) is 10.8. The van der Waals surface area contributed by atoms with Crippen LogP contribution in [-0.2, 0) is 0 Å². The summed E-state index contributed by atoms with van der Waals surface area (Å²) in [4.78, 5) is 12.2. The van der Waals surface area contributed by atoms with Gasteiger partial charge in [0.2, 0.25) is 5.13 Å². The third-order valence-corrected chi connectivity index (χ3v) is 4.95. The summed E-state index contributed by atoms with van der Waals surface area (Å²) < 4.78 is 19.5. The van der Waals surface area contributed by atoms with Crippen LogP contribution in [0.15, 0.2) is 33.1 Å². The summed E-state index contributed by atoms with van der Waals surface area (Å²) in [6.07, 6.45) is 0. The molecule has 0 saturated carbocycles. The van der Waals surface area contributed by atoms with Crippen LogP contribution < -0.4 is 5.32 Å². The van der Waals surface area contributed by atoms with E-state index in [1.165, 1.54) is 23.5 Å². The Labute approximate surface area is 145 Å². The fourth-order valence-electron chi connectivity index (χ4n) is 1.87. The maximum absolute atomic E-state index is 13.6. The van der Waals surface area contributed by atoms with Gasteiger partial charge in [-0.2, -0.15) is 0 Å². The molecule has 0 atom stereocenters. The molecule has 24 heavy (non-hydrogen) atoms. The third-order valence-electron chi connectivity index (χ3n) is 3.09. The lowest BCUT2D eigenvalue weighted by atomic mass is 10.1. The number of aromatic nitrogens is 3. The van der Waals surface area contributed by atoms with E-state index in [2.05, 4.69) is 20.7 Å². The summed E-state index contributed by atoms with van der Waals surface area (Å²) >= 11 is 2.83. The number of thioether (sulfide) groups is 1. The largest absolute Gasteiger partial charge is 0.355 e. The standard InChI is InChI=1S/C15H13FN4O2S2/c1-3-23-15-19-18-14(24-15)17-13(21)11-7-12(22-20-11)9-5-4-8(2)10(16)6-9/h4-7H,3H2,1-2H3,(H,17,18,21). The van der Waals surface area contributed by atoms with E-state index in [0.717, 1.165) is 10.1 Å². The van der Waals surface area contributed by atoms with Crippen LogP contribution in [0, 0.1) is 12.7 Å². The van der Waals surface area contributed by atoms with Crippen LogP contribution in [-0.4, -0.2) is 27.0 Å². The van der Waals surface area contributed by atoms with Gasteiger partial charge in [-0.3, -0.25) is 10.1 Å². The van der Waals surface area contributed by atoms with E-state index in [-0.39, 0.29) is 11.5 Å². The number of anilines is 1. The molecule has 0 aliphatic carbocycles. The molecule has 0 fully saturated rings. The molecule has 1 aromatic carbocycles. The van der Waals surface area contributed by atoms with E-state index in [9.17, 15) is 9.18 Å². The van der Waals surface area contributed by atoms with Gasteiger partial charge in [0, 0.05) is 11.6 Å². The fourth-order valence-corrected chi connectivity index (χ4v) is 3.51. The van der Waals surface area contributed by atoms with Crippen molar-refractivity contribution >= 4 is 34.1 Å². The first-order valence-corrected chi connectivity index (χ1v) is 8.88. The van der Waals surface area contributed by atoms with Gasteiger partial charge in [-0.1, -0.05) is 47.3 Å². The second-order valence-corrected chi connectivity index (χ2v) is 7.29. The second kappa shape index (κ2) is 7.10. The van der Waals surface area contributed by atoms with E-state index in [1.807, 2.05) is 6.92 Å². The first kappa shape index (κ1) is 16.6. The smallest absolute Gasteiger partial charge is 0.279 e. The van der Waals surface area contributed by atoms with Gasteiger partial charge in [-0.15, -0.1) is 10.2 Å². The predicted octanol–water partition coefficient (Wildman–Crippen LogP) is 4.00. The number of nitrogens with zero attached hydrogens (tertiary/aromatic N) is 3. The molecule has 1 N–H and O–H groups in total. The van der Waals surface area contributed by atoms with Crippen LogP contribution in [0.5, 0.6) is 0 Å². The molecule has 124 valence electrons. The highest BCUT2D eigenvalue weighted by molar-refractivity contribution is 8.01. The van der Waals surface area contributed by atoms with E-state index < -0.39 is 5.91 Å². The van der Waals surface area contributed by atoms with Gasteiger partial charge in [0.15, 0.2) is 15.8 Å². The maximum atomic E-state index is 13.6. The number of benzene rings is 1. The summed E-state index contributed by atoms with van der Waals surface area (Å²) in [5.74, 6) is 0.396. The third kappa shape index (κ3) is 3.62. The lowest BCUT2D eigenvalue weighted by Crippen LogP contribution is -2.11. The van der Waals surface area contributed by atoms with E-state index >= 15 is 0 Å². The van der Waals surface area contributed by atoms with Crippen molar-refractivity contribution in [2.45, 2.75) is 18.2 Å². The predicted molar refractivity (Wildman–Crippen MR) is 90.9 cm³/mol. The van der Waals surface area contributed by atoms with Crippen LogP contribution in [0.4, 0.5) is 9.52 Å². The van der Waals surface area contributed by atoms with Crippen molar-refractivity contribution in [2.75, 3.05) is 11.1 Å². The second-order valence-electron chi connectivity index (χ2n) is 4.80. The van der Waals surface area contributed by atoms with Gasteiger partial charge < -0.3 is 4.52 Å². The molecular formula is C15H13FN4O2S2. The van der Waals surface area contributed by atoms with Crippen LogP contribution in [0.1, 0.15) is 23.0 Å². The molecule has 1 amide bonds. The van der Waals surface area contributed by atoms with Gasteiger partial charge >= 0.3 is 0 Å². The zero-order valence-corrected chi connectivity index (χ0v) is 14.5. The highest BCUT2D eigenvalue weighted by Gasteiger charge is 2.16. The minimum atomic E-state index is -0.457. The molecule has 2 aromatic heterocycles. The summed E-state index contributed by atoms with van der Waals surface area (Å²) in [5, 5.41) is 14.6. The minimum Gasteiger partial charge on any atom is -0.355 e. The van der Waals surface area contributed by atoms with E-state index in [1.54, 1.807) is 30.8 Å². The molecule has 0 saturated heterocycles. The highest BCUT2D eigenvalue weighted by Crippen LogP contribution is 2.26. The van der Waals surface area contributed by atoms with Gasteiger partial charge in [-0.25, -0.2) is 4.39 Å². The monoisotopic (exact) mass is 364 g/mol. The van der Waals surface area contributed by atoms with Gasteiger partial charge in [0.1, 0.15) is 5.82 Å². The lowest BCUT2D eigenvalue weighted by Gasteiger charge is -1.98. The van der Waals surface area contributed by atoms with Crippen LogP contribution in [0.3, 0.4) is 0 Å². The molecule has 9 heteroatoms. The average molecular weight is 364 g/mol. The molecule has 0 aliphatic heterocycles. The number of aryl methyl sites for hydroxylation is 1. The van der Waals surface area contributed by atoms with Gasteiger partial charge in [-0.05, 0) is 24.3 Å². The van der Waals surface area contributed by atoms with Crippen molar-refractivity contribution in [1.29, 1.82) is 0 Å². The molecular weight excluding hydrogens is 351 g/mol. The Bertz CT molecular complexity index is 878. The number of carbonyl (C=O) groups excluding carboxylic acids is 1. The molecule has 3 aromatic rings. The van der Waals surface area contributed by atoms with Crippen LogP contribution >= 0.6 is 23.1 Å². The molecule has 3 rings (SSSR count). The first-order valence-electron chi connectivity index (χ1n) is 7.07. The highest BCUT2D eigenvalue weighted by atomic mass is 32.2. The Kier molecular flexibility index (Phi) is 4.91. The van der Waals surface area contributed by atoms with Crippen molar-refractivity contribution in [3.05, 3.63) is 41.3 Å². The van der Waals surface area contributed by atoms with Crippen molar-refractivity contribution in [2.24, 2.45) is 0 Å². The SMILES string of the molecule is CCSc1nnc(NC(=O)c2cc(-c3ccc(C)c(F)c3)on2)s1. The lowest BCUT2D eigenvalue weighted by molar-refractivity contribution is 0.101. The first-order chi connectivity index (χ1) is 11.6. The Hall–Kier alpha value is -2.26. The van der Waals surface area contributed by atoms with Gasteiger partial charge in [0.25, 0.3) is 5.91 Å². The number of halogens is 1. The zero-order valence-electron chi connectivity index (χ0n) is 12.9. The Balaban J connectivity index is 1.74. The minimum absolute atomic E-state index is 0.0888. The summed E-state index contributed by atoms with van der Waals surface area (Å²) in [5.41, 5.74) is 1.14. The van der Waals surface area contributed by atoms with Crippen LogP contribution in [0.2, 0.25) is 0 Å². The maximum Gasteiger partial charge on any atom is 0.279 e. The topological polar surface area (TPSA) is 80.9 Å². The van der Waals surface area contributed by atoms with Gasteiger partial charge in [0.05, 0.1) is 0 Å². The molecule has 0 spiro atoms. The summed E-state index contributed by atoms with van der Waals surface area (Å²) in [7, 11) is 0. The number of rotatable bonds is 5. The number of nitrogens with one attached hydrogen (secondary N) is 1. The number of hydrogen-bond acceptors (Lipinski definition) is 7. The Morgan fingerprint density at radius 3 is 2.96 bits per heavy atom. The Morgan fingerprint density at radius 1 is 1.38 bits per heavy atom. The van der Waals surface area contributed by atoms with Crippen molar-refractivity contribution in [3.63, 3.8) is 0 Å². The Morgan fingerprint density at radius 2 is 2.21 bits per heavy atom. The van der Waals surface area contributed by atoms with E-state index in [0.29, 0.717) is 22.0 Å². The molecule has 6 nitrogen and oxygen atoms in total. The summed E-state index contributed by atoms with van der Waals surface area (Å²) in [6.45, 7) is 3.68. The quantitative estimate of drug-likeness (QED) is 0.544. The van der Waals surface area contributed by atoms with Crippen molar-refractivity contribution in [3.8, 4) is 11.3 Å². The average Bonchev–Trinajstić information content (AvgIpc) is 3.20. The zero-order chi connectivity index (χ0) is 17.1. The van der Waals surface area contributed by atoms with Crippen molar-refractivity contribution in [1.82, 2.24) is 15.4 Å². The number of amides is 1. The van der Waals surface area contributed by atoms with Crippen molar-refractivity contribution < 1.29 is 13.7 Å². The molecule has 0 unspecified atom stereocenters. The number of hydrogen-bond donors (Lipinski definition) is 1. The molecule has 2 heterocycles. The number of carbonyl (C=O) groups is 1. The molecule has 0 bridgehead atoms. The van der Waals surface area contributed by atoms with E-state index in [4.69, 9.17) is 4.52 Å². The molecule has 0 aliphatic rings. The summed E-state index contributed by atoms with van der Waals surface area (Å²) in [6, 6.07) is 6.15. The molecule has 0 radical (unpaired) electrons. The fraction of sp³-hybridized carbons (Fsp3) is 0.200.